The molecule has 0 saturated heterocycles. The second-order valence-corrected chi connectivity index (χ2v) is 5.05. The van der Waals surface area contributed by atoms with Crippen LogP contribution >= 0.6 is 0 Å². The van der Waals surface area contributed by atoms with Crippen molar-refractivity contribution in [2.24, 2.45) is 0 Å². The lowest BCUT2D eigenvalue weighted by Crippen LogP contribution is -2.24. The van der Waals surface area contributed by atoms with Crippen LogP contribution in [0.15, 0.2) is 0 Å². The van der Waals surface area contributed by atoms with E-state index in [0.717, 1.165) is 6.54 Å². The largest absolute Gasteiger partial charge is 0.388 e. The first kappa shape index (κ1) is 21.7. The molecule has 0 bridgehead atoms. The third-order valence-electron chi connectivity index (χ3n) is 2.54. The molecular formula is C15H33NO6. The molecule has 0 fully saturated rings. The predicted octanol–water partition coefficient (Wildman–Crippen LogP) is 0.0581. The van der Waals surface area contributed by atoms with Crippen molar-refractivity contribution in [1.29, 1.82) is 0 Å². The van der Waals surface area contributed by atoms with Crippen LogP contribution < -0.4 is 5.32 Å². The number of likely N-dealkylation sites (N-methyl/N-ethyl adjacent to an activating group) is 1. The molecule has 0 aromatic carbocycles. The highest BCUT2D eigenvalue weighted by molar-refractivity contribution is 4.52. The molecule has 0 amide bonds. The van der Waals surface area contributed by atoms with Gasteiger partial charge in [-0.05, 0) is 20.9 Å². The minimum Gasteiger partial charge on any atom is -0.388 e. The summed E-state index contributed by atoms with van der Waals surface area (Å²) in [5.41, 5.74) is 0. The van der Waals surface area contributed by atoms with E-state index in [0.29, 0.717) is 52.9 Å². The standard InChI is InChI=1S/C15H33NO6/c1-14(2)22-13-15(17)12-21-11-10-20-9-8-19-7-6-18-5-4-16-3/h14-17H,4-13H2,1-3H3. The monoisotopic (exact) mass is 323 g/mol. The van der Waals surface area contributed by atoms with E-state index in [4.69, 9.17) is 23.7 Å². The fourth-order valence-electron chi connectivity index (χ4n) is 1.40. The van der Waals surface area contributed by atoms with E-state index in [1.807, 2.05) is 20.9 Å². The van der Waals surface area contributed by atoms with Gasteiger partial charge in [-0.15, -0.1) is 0 Å². The summed E-state index contributed by atoms with van der Waals surface area (Å²) in [4.78, 5) is 0. The number of aliphatic hydroxyl groups is 1. The van der Waals surface area contributed by atoms with Gasteiger partial charge in [0.2, 0.25) is 0 Å². The van der Waals surface area contributed by atoms with Crippen molar-refractivity contribution >= 4 is 0 Å². The Morgan fingerprint density at radius 1 is 0.773 bits per heavy atom. The molecule has 134 valence electrons. The maximum atomic E-state index is 9.55. The lowest BCUT2D eigenvalue weighted by atomic mass is 10.4. The highest BCUT2D eigenvalue weighted by Gasteiger charge is 2.05. The number of rotatable bonds is 17. The van der Waals surface area contributed by atoms with Crippen LogP contribution in [0, 0.1) is 0 Å². The van der Waals surface area contributed by atoms with Crippen LogP contribution in [0.2, 0.25) is 0 Å². The van der Waals surface area contributed by atoms with Crippen LogP contribution in [0.5, 0.6) is 0 Å². The summed E-state index contributed by atoms with van der Waals surface area (Å²) in [5, 5.41) is 12.6. The Kier molecular flexibility index (Phi) is 16.9. The Balaban J connectivity index is 3.08. The summed E-state index contributed by atoms with van der Waals surface area (Å²) in [6, 6.07) is 0. The molecule has 0 aliphatic rings. The molecule has 0 heterocycles. The summed E-state index contributed by atoms with van der Waals surface area (Å²) >= 11 is 0. The van der Waals surface area contributed by atoms with Crippen LogP contribution in [0.4, 0.5) is 0 Å². The molecule has 1 unspecified atom stereocenters. The van der Waals surface area contributed by atoms with Crippen molar-refractivity contribution in [3.8, 4) is 0 Å². The zero-order valence-corrected chi connectivity index (χ0v) is 14.2. The lowest BCUT2D eigenvalue weighted by Gasteiger charge is -2.13. The van der Waals surface area contributed by atoms with Crippen molar-refractivity contribution in [1.82, 2.24) is 5.32 Å². The van der Waals surface area contributed by atoms with E-state index < -0.39 is 6.10 Å². The third kappa shape index (κ3) is 17.8. The first-order valence-corrected chi connectivity index (χ1v) is 7.92. The van der Waals surface area contributed by atoms with Gasteiger partial charge in [0.1, 0.15) is 6.10 Å². The molecule has 22 heavy (non-hydrogen) atoms. The molecule has 0 aliphatic heterocycles. The van der Waals surface area contributed by atoms with Gasteiger partial charge in [0, 0.05) is 6.54 Å². The van der Waals surface area contributed by atoms with E-state index in [9.17, 15) is 5.11 Å². The molecule has 1 atom stereocenters. The number of hydrogen-bond acceptors (Lipinski definition) is 7. The van der Waals surface area contributed by atoms with Gasteiger partial charge in [-0.2, -0.15) is 0 Å². The van der Waals surface area contributed by atoms with Crippen LogP contribution in [0.1, 0.15) is 13.8 Å². The summed E-state index contributed by atoms with van der Waals surface area (Å²) in [6.45, 7) is 9.13. The molecule has 2 N–H and O–H groups in total. The Morgan fingerprint density at radius 3 is 1.77 bits per heavy atom. The SMILES string of the molecule is CNCCOCCOCCOCCOCC(O)COC(C)C. The fourth-order valence-corrected chi connectivity index (χ4v) is 1.40. The number of nitrogens with one attached hydrogen (secondary N) is 1. The van der Waals surface area contributed by atoms with Gasteiger partial charge in [-0.25, -0.2) is 0 Å². The van der Waals surface area contributed by atoms with Crippen LogP contribution in [-0.4, -0.2) is 90.4 Å². The maximum absolute atomic E-state index is 9.55. The summed E-state index contributed by atoms with van der Waals surface area (Å²) in [7, 11) is 1.89. The van der Waals surface area contributed by atoms with E-state index in [2.05, 4.69) is 5.32 Å². The third-order valence-corrected chi connectivity index (χ3v) is 2.54. The number of hydrogen-bond donors (Lipinski definition) is 2. The van der Waals surface area contributed by atoms with Crippen molar-refractivity contribution in [3.63, 3.8) is 0 Å². The van der Waals surface area contributed by atoms with E-state index in [-0.39, 0.29) is 12.7 Å². The second-order valence-electron chi connectivity index (χ2n) is 5.05. The summed E-state index contributed by atoms with van der Waals surface area (Å²) in [6.07, 6.45) is -0.472. The highest BCUT2D eigenvalue weighted by atomic mass is 16.6. The molecule has 7 heteroatoms. The Morgan fingerprint density at radius 2 is 1.27 bits per heavy atom. The molecular weight excluding hydrogens is 290 g/mol. The van der Waals surface area contributed by atoms with E-state index >= 15 is 0 Å². The predicted molar refractivity (Wildman–Crippen MR) is 84.3 cm³/mol. The minimum atomic E-state index is -0.589. The molecule has 0 rings (SSSR count). The van der Waals surface area contributed by atoms with Crippen LogP contribution in [0.25, 0.3) is 0 Å². The van der Waals surface area contributed by atoms with Crippen molar-refractivity contribution in [2.45, 2.75) is 26.1 Å². The minimum absolute atomic E-state index is 0.117. The molecule has 0 saturated carbocycles. The molecule has 0 aromatic rings. The highest BCUT2D eigenvalue weighted by Crippen LogP contribution is 1.93. The van der Waals surface area contributed by atoms with Gasteiger partial charge in [0.15, 0.2) is 0 Å². The Labute approximate surface area is 134 Å². The van der Waals surface area contributed by atoms with Gasteiger partial charge in [-0.1, -0.05) is 0 Å². The first-order chi connectivity index (χ1) is 10.7. The molecule has 0 aromatic heterocycles. The second kappa shape index (κ2) is 17.1. The smallest absolute Gasteiger partial charge is 0.101 e. The average molecular weight is 323 g/mol. The number of ether oxygens (including phenoxy) is 5. The van der Waals surface area contributed by atoms with E-state index in [1.165, 1.54) is 0 Å². The molecule has 0 radical (unpaired) electrons. The van der Waals surface area contributed by atoms with Crippen molar-refractivity contribution in [2.75, 3.05) is 73.1 Å². The van der Waals surface area contributed by atoms with Crippen LogP contribution in [-0.2, 0) is 23.7 Å². The van der Waals surface area contributed by atoms with Gasteiger partial charge in [0.25, 0.3) is 0 Å². The summed E-state index contributed by atoms with van der Waals surface area (Å²) in [5.74, 6) is 0. The summed E-state index contributed by atoms with van der Waals surface area (Å²) < 4.78 is 26.6. The quantitative estimate of drug-likeness (QED) is 0.366. The van der Waals surface area contributed by atoms with Crippen molar-refractivity contribution < 1.29 is 28.8 Å². The lowest BCUT2D eigenvalue weighted by molar-refractivity contribution is -0.0486. The first-order valence-electron chi connectivity index (χ1n) is 7.92. The van der Waals surface area contributed by atoms with Gasteiger partial charge in [-0.3, -0.25) is 0 Å². The topological polar surface area (TPSA) is 78.4 Å². The Hall–Kier alpha value is -0.280. The van der Waals surface area contributed by atoms with Crippen LogP contribution in [0.3, 0.4) is 0 Å². The maximum Gasteiger partial charge on any atom is 0.101 e. The van der Waals surface area contributed by atoms with Crippen molar-refractivity contribution in [3.05, 3.63) is 0 Å². The zero-order valence-electron chi connectivity index (χ0n) is 14.2. The van der Waals surface area contributed by atoms with Gasteiger partial charge >= 0.3 is 0 Å². The zero-order chi connectivity index (χ0) is 16.5. The van der Waals surface area contributed by atoms with Gasteiger partial charge < -0.3 is 34.1 Å². The molecule has 0 spiro atoms. The Bertz CT molecular complexity index is 218. The number of aliphatic hydroxyl groups excluding tert-OH is 1. The van der Waals surface area contributed by atoms with Gasteiger partial charge in [0.05, 0.1) is 65.6 Å². The normalized spacial score (nSPS) is 13.0. The fraction of sp³-hybridized carbons (Fsp3) is 1.00. The molecule has 0 aliphatic carbocycles. The molecule has 7 nitrogen and oxygen atoms in total. The average Bonchev–Trinajstić information content (AvgIpc) is 2.49. The van der Waals surface area contributed by atoms with E-state index in [1.54, 1.807) is 0 Å².